The minimum absolute atomic E-state index is 0.731. The third-order valence-electron chi connectivity index (χ3n) is 0.571. The average molecular weight is 82.1 g/mol. The Balaban J connectivity index is 2.83. The van der Waals surface area contributed by atoms with Gasteiger partial charge in [0.2, 0.25) is 0 Å². The second-order valence-electron chi connectivity index (χ2n) is 1.50. The predicted octanol–water partition coefficient (Wildman–Crippen LogP) is 2.05. The Hall–Kier alpha value is -0.260. The Morgan fingerprint density at radius 3 is 2.33 bits per heavy atom. The van der Waals surface area contributed by atoms with Gasteiger partial charge in [0.1, 0.15) is 0 Å². The molecule has 0 rings (SSSR count). The van der Waals surface area contributed by atoms with Crippen LogP contribution in [0.2, 0.25) is 0 Å². The van der Waals surface area contributed by atoms with Gasteiger partial charge in [-0.25, -0.2) is 0 Å². The molecule has 0 saturated carbocycles. The first-order chi connectivity index (χ1) is 2.77. The molecular formula is C6H10. The van der Waals surface area contributed by atoms with Gasteiger partial charge in [-0.05, 0) is 26.7 Å². The van der Waals surface area contributed by atoms with Crippen LogP contribution in [0.1, 0.15) is 19.8 Å². The summed E-state index contributed by atoms with van der Waals surface area (Å²) in [5.74, 6) is 0. The molecule has 6 heavy (non-hydrogen) atoms. The highest BCUT2D eigenvalue weighted by Crippen LogP contribution is 1.96. The van der Waals surface area contributed by atoms with Gasteiger partial charge in [0.15, 0.2) is 0 Å². The molecule has 0 amide bonds. The van der Waals surface area contributed by atoms with E-state index in [0.29, 0.717) is 0 Å². The third kappa shape index (κ3) is 3.74. The van der Waals surface area contributed by atoms with Gasteiger partial charge in [-0.1, -0.05) is 5.57 Å². The number of hydrogen-bond acceptors (Lipinski definition) is 0. The lowest BCUT2D eigenvalue weighted by molar-refractivity contribution is 0.982. The molecule has 0 spiro atoms. The molecule has 34 valence electrons. The van der Waals surface area contributed by atoms with Gasteiger partial charge in [0.05, 0.1) is 0 Å². The van der Waals surface area contributed by atoms with Crippen molar-refractivity contribution in [3.63, 3.8) is 0 Å². The number of rotatable bonds is 2. The zero-order chi connectivity index (χ0) is 4.99. The fourth-order valence-electron chi connectivity index (χ4n) is 0.246. The lowest BCUT2D eigenvalue weighted by atomic mass is 10.2. The van der Waals surface area contributed by atoms with Crippen LogP contribution in [0, 0.1) is 6.92 Å². The fourth-order valence-corrected chi connectivity index (χ4v) is 0.246. The van der Waals surface area contributed by atoms with Crippen molar-refractivity contribution in [2.45, 2.75) is 19.8 Å². The van der Waals surface area contributed by atoms with Crippen molar-refractivity contribution in [1.82, 2.24) is 0 Å². The van der Waals surface area contributed by atoms with Crippen LogP contribution < -0.4 is 0 Å². The standard InChI is InChI=1S/C6H10/c1-4-5-6(2)3/h1H,2,4-5H2,3H3. The molecule has 2 radical (unpaired) electrons. The summed E-state index contributed by atoms with van der Waals surface area (Å²) in [5, 5.41) is 0. The summed E-state index contributed by atoms with van der Waals surface area (Å²) in [6, 6.07) is 0. The van der Waals surface area contributed by atoms with E-state index in [4.69, 9.17) is 6.92 Å². The first-order valence-electron chi connectivity index (χ1n) is 2.12. The van der Waals surface area contributed by atoms with E-state index >= 15 is 0 Å². The maximum absolute atomic E-state index is 5.17. The summed E-state index contributed by atoms with van der Waals surface area (Å²) >= 11 is 0. The molecule has 0 saturated heterocycles. The molecule has 0 aromatic rings. The molecule has 0 aromatic carbocycles. The van der Waals surface area contributed by atoms with Crippen molar-refractivity contribution in [3.8, 4) is 0 Å². The van der Waals surface area contributed by atoms with E-state index in [1.54, 1.807) is 0 Å². The van der Waals surface area contributed by atoms with E-state index < -0.39 is 0 Å². The second kappa shape index (κ2) is 2.95. The molecule has 0 fully saturated rings. The SMILES string of the molecule is [CH]CCC(=C)C. The summed E-state index contributed by atoms with van der Waals surface area (Å²) in [6.45, 7) is 10.8. The average Bonchev–Trinajstić information content (AvgIpc) is 1.35. The monoisotopic (exact) mass is 82.1 g/mol. The van der Waals surface area contributed by atoms with Gasteiger partial charge in [0.25, 0.3) is 0 Å². The van der Waals surface area contributed by atoms with E-state index in [1.165, 1.54) is 0 Å². The summed E-state index contributed by atoms with van der Waals surface area (Å²) in [6.07, 6.45) is 1.69. The van der Waals surface area contributed by atoms with Crippen LogP contribution in [0.5, 0.6) is 0 Å². The molecule has 0 unspecified atom stereocenters. The van der Waals surface area contributed by atoms with E-state index in [2.05, 4.69) is 6.58 Å². The van der Waals surface area contributed by atoms with E-state index in [9.17, 15) is 0 Å². The fraction of sp³-hybridized carbons (Fsp3) is 0.500. The van der Waals surface area contributed by atoms with Crippen molar-refractivity contribution in [3.05, 3.63) is 19.1 Å². The summed E-state index contributed by atoms with van der Waals surface area (Å²) in [4.78, 5) is 0. The van der Waals surface area contributed by atoms with Crippen molar-refractivity contribution in [1.29, 1.82) is 0 Å². The molecule has 0 nitrogen and oxygen atoms in total. The van der Waals surface area contributed by atoms with E-state index in [0.717, 1.165) is 18.4 Å². The highest BCUT2D eigenvalue weighted by Gasteiger charge is 1.76. The highest BCUT2D eigenvalue weighted by atomic mass is 13.8. The van der Waals surface area contributed by atoms with Crippen LogP contribution in [0.4, 0.5) is 0 Å². The van der Waals surface area contributed by atoms with Gasteiger partial charge >= 0.3 is 0 Å². The summed E-state index contributed by atoms with van der Waals surface area (Å²) in [5.41, 5.74) is 1.16. The smallest absolute Gasteiger partial charge is 0.0323 e. The van der Waals surface area contributed by atoms with Crippen molar-refractivity contribution in [2.75, 3.05) is 0 Å². The highest BCUT2D eigenvalue weighted by molar-refractivity contribution is 4.87. The Bertz CT molecular complexity index is 44.0. The van der Waals surface area contributed by atoms with Crippen molar-refractivity contribution >= 4 is 0 Å². The maximum Gasteiger partial charge on any atom is -0.0323 e. The molecule has 0 atom stereocenters. The Kier molecular flexibility index (Phi) is 2.82. The molecule has 0 N–H and O–H groups in total. The predicted molar refractivity (Wildman–Crippen MR) is 28.3 cm³/mol. The van der Waals surface area contributed by atoms with Gasteiger partial charge in [-0.15, -0.1) is 6.58 Å². The van der Waals surface area contributed by atoms with Gasteiger partial charge < -0.3 is 0 Å². The molecule has 0 aliphatic rings. The molecule has 0 bridgehead atoms. The second-order valence-corrected chi connectivity index (χ2v) is 1.50. The quantitative estimate of drug-likeness (QED) is 0.447. The van der Waals surface area contributed by atoms with Crippen LogP contribution in [-0.4, -0.2) is 0 Å². The topological polar surface area (TPSA) is 0 Å². The molecule has 0 aliphatic carbocycles. The van der Waals surface area contributed by atoms with Crippen LogP contribution in [0.25, 0.3) is 0 Å². The van der Waals surface area contributed by atoms with Crippen LogP contribution >= 0.6 is 0 Å². The molecule has 0 aliphatic heterocycles. The van der Waals surface area contributed by atoms with Crippen molar-refractivity contribution < 1.29 is 0 Å². The Morgan fingerprint density at radius 2 is 2.33 bits per heavy atom. The number of hydrogen-bond donors (Lipinski definition) is 0. The van der Waals surface area contributed by atoms with Gasteiger partial charge in [-0.3, -0.25) is 0 Å². The normalized spacial score (nSPS) is 8.33. The largest absolute Gasteiger partial charge is 0.100 e. The van der Waals surface area contributed by atoms with Crippen LogP contribution in [0.3, 0.4) is 0 Å². The van der Waals surface area contributed by atoms with Gasteiger partial charge in [-0.2, -0.15) is 0 Å². The minimum atomic E-state index is 0.731. The first-order valence-corrected chi connectivity index (χ1v) is 2.12. The summed E-state index contributed by atoms with van der Waals surface area (Å²) in [7, 11) is 0. The molecular weight excluding hydrogens is 72.1 g/mol. The minimum Gasteiger partial charge on any atom is -0.100 e. The lowest BCUT2D eigenvalue weighted by Crippen LogP contribution is -1.67. The van der Waals surface area contributed by atoms with Crippen LogP contribution in [0.15, 0.2) is 12.2 Å². The molecule has 0 aromatic heterocycles. The Morgan fingerprint density at radius 1 is 1.83 bits per heavy atom. The first kappa shape index (κ1) is 5.74. The molecule has 0 heterocycles. The van der Waals surface area contributed by atoms with Crippen molar-refractivity contribution in [2.24, 2.45) is 0 Å². The lowest BCUT2D eigenvalue weighted by Gasteiger charge is -1.87. The number of allylic oxidation sites excluding steroid dienone is 1. The Labute approximate surface area is 39.9 Å². The van der Waals surface area contributed by atoms with E-state index in [-0.39, 0.29) is 0 Å². The molecule has 0 heteroatoms. The zero-order valence-electron chi connectivity index (χ0n) is 4.20. The summed E-state index contributed by atoms with van der Waals surface area (Å²) < 4.78 is 0. The van der Waals surface area contributed by atoms with Gasteiger partial charge in [0, 0.05) is 0 Å². The third-order valence-corrected chi connectivity index (χ3v) is 0.571. The van der Waals surface area contributed by atoms with E-state index in [1.807, 2.05) is 6.92 Å². The maximum atomic E-state index is 5.17. The van der Waals surface area contributed by atoms with Crippen LogP contribution in [-0.2, 0) is 0 Å². The zero-order valence-corrected chi connectivity index (χ0v) is 4.20.